The van der Waals surface area contributed by atoms with Gasteiger partial charge in [-0.15, -0.1) is 0 Å². The molecular weight excluding hydrogens is 462 g/mol. The van der Waals surface area contributed by atoms with Crippen LogP contribution < -0.4 is 15.0 Å². The monoisotopic (exact) mass is 491 g/mol. The van der Waals surface area contributed by atoms with E-state index in [0.717, 1.165) is 41.0 Å². The number of amides is 2. The molecule has 0 saturated carbocycles. The Morgan fingerprint density at radius 1 is 0.914 bits per heavy atom. The lowest BCUT2D eigenvalue weighted by Gasteiger charge is -2.36. The second kappa shape index (κ2) is 10.8. The van der Waals surface area contributed by atoms with Gasteiger partial charge in [0, 0.05) is 43.1 Å². The van der Waals surface area contributed by atoms with Crippen LogP contribution in [0.2, 0.25) is 5.02 Å². The van der Waals surface area contributed by atoms with Gasteiger partial charge in [0.15, 0.2) is 6.61 Å². The summed E-state index contributed by atoms with van der Waals surface area (Å²) in [5, 5.41) is 3.36. The van der Waals surface area contributed by atoms with Crippen molar-refractivity contribution in [1.82, 2.24) is 4.90 Å². The van der Waals surface area contributed by atoms with E-state index < -0.39 is 0 Å². The van der Waals surface area contributed by atoms with E-state index in [2.05, 4.69) is 10.2 Å². The standard InChI is InChI=1S/C28H30ClN3O3/c1-19-16-21(3)27(25(29)17-19)35-18-26(33)30-22-8-10-23(11-9-22)31-12-14-32(15-13-31)28(34)24-7-5-4-6-20(24)2/h4-11,16-17H,12-15,18H2,1-3H3,(H,30,33). The summed E-state index contributed by atoms with van der Waals surface area (Å²) in [4.78, 5) is 29.4. The largest absolute Gasteiger partial charge is 0.482 e. The summed E-state index contributed by atoms with van der Waals surface area (Å²) in [6.45, 7) is 8.57. The Labute approximate surface area is 211 Å². The lowest BCUT2D eigenvalue weighted by molar-refractivity contribution is -0.118. The highest BCUT2D eigenvalue weighted by Gasteiger charge is 2.23. The Morgan fingerprint density at radius 3 is 2.26 bits per heavy atom. The van der Waals surface area contributed by atoms with Crippen LogP contribution in [-0.4, -0.2) is 49.5 Å². The van der Waals surface area contributed by atoms with Gasteiger partial charge in [-0.05, 0) is 73.9 Å². The fraction of sp³-hybridized carbons (Fsp3) is 0.286. The first-order valence-electron chi connectivity index (χ1n) is 11.7. The topological polar surface area (TPSA) is 61.9 Å². The van der Waals surface area contributed by atoms with Gasteiger partial charge in [-0.3, -0.25) is 9.59 Å². The first kappa shape index (κ1) is 24.6. The molecule has 0 bridgehead atoms. The Hall–Kier alpha value is -3.51. The van der Waals surface area contributed by atoms with E-state index in [0.29, 0.717) is 29.5 Å². The van der Waals surface area contributed by atoms with E-state index >= 15 is 0 Å². The Bertz CT molecular complexity index is 1200. The van der Waals surface area contributed by atoms with Crippen molar-refractivity contribution in [3.63, 3.8) is 0 Å². The van der Waals surface area contributed by atoms with Crippen LogP contribution in [0.5, 0.6) is 5.75 Å². The van der Waals surface area contributed by atoms with Crippen molar-refractivity contribution in [1.29, 1.82) is 0 Å². The Morgan fingerprint density at radius 2 is 1.60 bits per heavy atom. The fourth-order valence-electron chi connectivity index (χ4n) is 4.33. The first-order chi connectivity index (χ1) is 16.8. The third-order valence-electron chi connectivity index (χ3n) is 6.18. The summed E-state index contributed by atoms with van der Waals surface area (Å²) in [5.74, 6) is 0.366. The number of nitrogens with zero attached hydrogens (tertiary/aromatic N) is 2. The van der Waals surface area contributed by atoms with Gasteiger partial charge in [-0.1, -0.05) is 35.9 Å². The van der Waals surface area contributed by atoms with Gasteiger partial charge in [-0.25, -0.2) is 0 Å². The van der Waals surface area contributed by atoms with Crippen molar-refractivity contribution in [3.8, 4) is 5.75 Å². The number of rotatable bonds is 6. The smallest absolute Gasteiger partial charge is 0.262 e. The van der Waals surface area contributed by atoms with Crippen molar-refractivity contribution in [2.45, 2.75) is 20.8 Å². The number of benzene rings is 3. The van der Waals surface area contributed by atoms with Crippen molar-refractivity contribution in [2.24, 2.45) is 0 Å². The molecule has 1 aliphatic heterocycles. The quantitative estimate of drug-likeness (QED) is 0.512. The van der Waals surface area contributed by atoms with Gasteiger partial charge in [0.25, 0.3) is 11.8 Å². The summed E-state index contributed by atoms with van der Waals surface area (Å²) < 4.78 is 5.66. The highest BCUT2D eigenvalue weighted by atomic mass is 35.5. The Balaban J connectivity index is 1.28. The zero-order valence-electron chi connectivity index (χ0n) is 20.3. The molecule has 1 N–H and O–H groups in total. The third kappa shape index (κ3) is 5.95. The molecule has 1 aliphatic rings. The number of aryl methyl sites for hydroxylation is 3. The molecule has 4 rings (SSSR count). The van der Waals surface area contributed by atoms with Gasteiger partial charge in [0.2, 0.25) is 0 Å². The molecule has 7 heteroatoms. The third-order valence-corrected chi connectivity index (χ3v) is 6.46. The number of hydrogen-bond acceptors (Lipinski definition) is 4. The van der Waals surface area contributed by atoms with Crippen LogP contribution in [0, 0.1) is 20.8 Å². The maximum Gasteiger partial charge on any atom is 0.262 e. The summed E-state index contributed by atoms with van der Waals surface area (Å²) >= 11 is 6.25. The SMILES string of the molecule is Cc1cc(C)c(OCC(=O)Nc2ccc(N3CCN(C(=O)c4ccccc4C)CC3)cc2)c(Cl)c1. The summed E-state index contributed by atoms with van der Waals surface area (Å²) in [6, 6.07) is 19.2. The van der Waals surface area contributed by atoms with Crippen molar-refractivity contribution in [3.05, 3.63) is 87.9 Å². The number of ether oxygens (including phenoxy) is 1. The lowest BCUT2D eigenvalue weighted by atomic mass is 10.1. The van der Waals surface area contributed by atoms with Gasteiger partial charge in [0.1, 0.15) is 5.75 Å². The highest BCUT2D eigenvalue weighted by Crippen LogP contribution is 2.29. The number of hydrogen-bond donors (Lipinski definition) is 1. The number of piperazine rings is 1. The molecular formula is C28H30ClN3O3. The lowest BCUT2D eigenvalue weighted by Crippen LogP contribution is -2.48. The maximum absolute atomic E-state index is 12.9. The van der Waals surface area contributed by atoms with Crippen LogP contribution in [0.1, 0.15) is 27.0 Å². The van der Waals surface area contributed by atoms with Crippen LogP contribution >= 0.6 is 11.6 Å². The molecule has 2 amide bonds. The van der Waals surface area contributed by atoms with Crippen LogP contribution in [-0.2, 0) is 4.79 Å². The van der Waals surface area contributed by atoms with Crippen molar-refractivity contribution in [2.75, 3.05) is 43.0 Å². The van der Waals surface area contributed by atoms with Crippen LogP contribution in [0.25, 0.3) is 0 Å². The molecule has 182 valence electrons. The average Bonchev–Trinajstić information content (AvgIpc) is 2.84. The van der Waals surface area contributed by atoms with E-state index in [9.17, 15) is 9.59 Å². The van der Waals surface area contributed by atoms with Gasteiger partial charge >= 0.3 is 0 Å². The minimum atomic E-state index is -0.253. The normalized spacial score (nSPS) is 13.5. The minimum Gasteiger partial charge on any atom is -0.482 e. The maximum atomic E-state index is 12.9. The van der Waals surface area contributed by atoms with Crippen molar-refractivity contribution >= 4 is 34.8 Å². The second-order valence-corrected chi connectivity index (χ2v) is 9.28. The van der Waals surface area contributed by atoms with Crippen molar-refractivity contribution < 1.29 is 14.3 Å². The van der Waals surface area contributed by atoms with E-state index in [1.807, 2.05) is 86.3 Å². The molecule has 0 radical (unpaired) electrons. The second-order valence-electron chi connectivity index (χ2n) is 8.87. The molecule has 0 spiro atoms. The molecule has 3 aromatic rings. The zero-order chi connectivity index (χ0) is 24.9. The summed E-state index contributed by atoms with van der Waals surface area (Å²) in [5.41, 5.74) is 5.47. The number of nitrogens with one attached hydrogen (secondary N) is 1. The molecule has 6 nitrogen and oxygen atoms in total. The summed E-state index contributed by atoms with van der Waals surface area (Å²) in [7, 11) is 0. The minimum absolute atomic E-state index is 0.0881. The van der Waals surface area contributed by atoms with E-state index in [1.54, 1.807) is 0 Å². The van der Waals surface area contributed by atoms with E-state index in [1.165, 1.54) is 0 Å². The molecule has 1 saturated heterocycles. The van der Waals surface area contributed by atoms with E-state index in [4.69, 9.17) is 16.3 Å². The number of carbonyl (C=O) groups excluding carboxylic acids is 2. The van der Waals surface area contributed by atoms with Crippen LogP contribution in [0.15, 0.2) is 60.7 Å². The number of anilines is 2. The first-order valence-corrected chi connectivity index (χ1v) is 12.1. The van der Waals surface area contributed by atoms with Gasteiger partial charge < -0.3 is 19.9 Å². The fourth-order valence-corrected chi connectivity index (χ4v) is 4.70. The van der Waals surface area contributed by atoms with Gasteiger partial charge in [-0.2, -0.15) is 0 Å². The molecule has 1 heterocycles. The predicted octanol–water partition coefficient (Wildman–Crippen LogP) is 5.25. The zero-order valence-corrected chi connectivity index (χ0v) is 21.1. The average molecular weight is 492 g/mol. The molecule has 35 heavy (non-hydrogen) atoms. The number of carbonyl (C=O) groups is 2. The predicted molar refractivity (Wildman–Crippen MR) is 141 cm³/mol. The molecule has 0 unspecified atom stereocenters. The summed E-state index contributed by atoms with van der Waals surface area (Å²) in [6.07, 6.45) is 0. The van der Waals surface area contributed by atoms with E-state index in [-0.39, 0.29) is 18.4 Å². The molecule has 1 fully saturated rings. The highest BCUT2D eigenvalue weighted by molar-refractivity contribution is 6.32. The molecule has 0 aliphatic carbocycles. The molecule has 0 aromatic heterocycles. The molecule has 3 aromatic carbocycles. The Kier molecular flexibility index (Phi) is 7.61. The number of halogens is 1. The van der Waals surface area contributed by atoms with Crippen LogP contribution in [0.4, 0.5) is 11.4 Å². The van der Waals surface area contributed by atoms with Gasteiger partial charge in [0.05, 0.1) is 5.02 Å². The molecule has 0 atom stereocenters. The van der Waals surface area contributed by atoms with Crippen LogP contribution in [0.3, 0.4) is 0 Å².